The quantitative estimate of drug-likeness (QED) is 0.356. The van der Waals surface area contributed by atoms with Gasteiger partial charge in [-0.25, -0.2) is 0 Å². The summed E-state index contributed by atoms with van der Waals surface area (Å²) in [6.07, 6.45) is -2.82. The lowest BCUT2D eigenvalue weighted by atomic mass is 10.2. The lowest BCUT2D eigenvalue weighted by Crippen LogP contribution is -2.24. The molecule has 0 saturated heterocycles. The van der Waals surface area contributed by atoms with Crippen LogP contribution in [-0.2, 0) is 30.7 Å². The fourth-order valence-electron chi connectivity index (χ4n) is 2.73. The second-order valence-electron chi connectivity index (χ2n) is 6.66. The Kier molecular flexibility index (Phi) is 7.93. The lowest BCUT2D eigenvalue weighted by molar-refractivity contribution is -0.137. The molecule has 0 unspecified atom stereocenters. The van der Waals surface area contributed by atoms with E-state index in [1.165, 1.54) is 23.9 Å². The number of carbonyl (C=O) groups is 1. The molecule has 10 heteroatoms. The molecular formula is C22H21F3N4O2S. The molecule has 3 aromatic rings. The summed E-state index contributed by atoms with van der Waals surface area (Å²) in [6.45, 7) is 4.41. The number of amides is 1. The van der Waals surface area contributed by atoms with E-state index in [0.717, 1.165) is 17.7 Å². The molecule has 1 N–H and O–H groups in total. The van der Waals surface area contributed by atoms with E-state index in [0.29, 0.717) is 24.1 Å². The van der Waals surface area contributed by atoms with Crippen molar-refractivity contribution in [1.82, 2.24) is 20.1 Å². The van der Waals surface area contributed by atoms with E-state index in [1.807, 2.05) is 30.3 Å². The molecule has 0 aliphatic rings. The molecule has 1 heterocycles. The maximum absolute atomic E-state index is 12.9. The molecule has 0 bridgehead atoms. The number of ether oxygens (including phenoxy) is 1. The van der Waals surface area contributed by atoms with Crippen LogP contribution >= 0.6 is 11.8 Å². The number of allylic oxidation sites excluding steroid dienone is 1. The zero-order chi connectivity index (χ0) is 23.0. The Bertz CT molecular complexity index is 1050. The average Bonchev–Trinajstić information content (AvgIpc) is 3.17. The Hall–Kier alpha value is -3.27. The van der Waals surface area contributed by atoms with Crippen LogP contribution in [0.1, 0.15) is 17.0 Å². The minimum absolute atomic E-state index is 0.0717. The molecule has 1 aromatic heterocycles. The maximum Gasteiger partial charge on any atom is 0.416 e. The Morgan fingerprint density at radius 2 is 1.94 bits per heavy atom. The van der Waals surface area contributed by atoms with E-state index < -0.39 is 11.7 Å². The number of rotatable bonds is 10. The molecule has 0 saturated carbocycles. The first-order chi connectivity index (χ1) is 15.4. The van der Waals surface area contributed by atoms with E-state index in [4.69, 9.17) is 4.74 Å². The van der Waals surface area contributed by atoms with Gasteiger partial charge in [0.15, 0.2) is 11.0 Å². The fraction of sp³-hybridized carbons (Fsp3) is 0.227. The SMILES string of the molecule is C=CCn1c(COc2cccc(C(F)(F)F)c2)nnc1SCC(=O)NCc1ccccc1. The van der Waals surface area contributed by atoms with Crippen molar-refractivity contribution in [1.29, 1.82) is 0 Å². The summed E-state index contributed by atoms with van der Waals surface area (Å²) in [5.41, 5.74) is 0.204. The molecule has 0 atom stereocenters. The number of alkyl halides is 3. The Morgan fingerprint density at radius 1 is 1.16 bits per heavy atom. The molecule has 0 aliphatic carbocycles. The molecule has 0 aliphatic heterocycles. The van der Waals surface area contributed by atoms with Gasteiger partial charge in [-0.3, -0.25) is 9.36 Å². The van der Waals surface area contributed by atoms with Gasteiger partial charge in [0.2, 0.25) is 5.91 Å². The number of nitrogens with zero attached hydrogens (tertiary/aromatic N) is 3. The van der Waals surface area contributed by atoms with Crippen LogP contribution in [0.5, 0.6) is 5.75 Å². The first-order valence-electron chi connectivity index (χ1n) is 9.63. The van der Waals surface area contributed by atoms with Gasteiger partial charge in [-0.05, 0) is 23.8 Å². The van der Waals surface area contributed by atoms with Crippen molar-refractivity contribution in [2.75, 3.05) is 5.75 Å². The summed E-state index contributed by atoms with van der Waals surface area (Å²) in [5, 5.41) is 11.5. The number of nitrogens with one attached hydrogen (secondary N) is 1. The third-order valence-electron chi connectivity index (χ3n) is 4.30. The smallest absolute Gasteiger partial charge is 0.416 e. The Balaban J connectivity index is 1.59. The lowest BCUT2D eigenvalue weighted by Gasteiger charge is -2.11. The van der Waals surface area contributed by atoms with Crippen LogP contribution in [0.2, 0.25) is 0 Å². The summed E-state index contributed by atoms with van der Waals surface area (Å²) < 4.78 is 45.8. The van der Waals surface area contributed by atoms with Crippen LogP contribution in [0.15, 0.2) is 72.4 Å². The number of benzene rings is 2. The van der Waals surface area contributed by atoms with Gasteiger partial charge < -0.3 is 10.1 Å². The van der Waals surface area contributed by atoms with Crippen molar-refractivity contribution in [2.24, 2.45) is 0 Å². The summed E-state index contributed by atoms with van der Waals surface area (Å²) >= 11 is 1.20. The minimum Gasteiger partial charge on any atom is -0.486 e. The van der Waals surface area contributed by atoms with Gasteiger partial charge in [0.25, 0.3) is 0 Å². The van der Waals surface area contributed by atoms with E-state index in [9.17, 15) is 18.0 Å². The molecular weight excluding hydrogens is 441 g/mol. The van der Waals surface area contributed by atoms with Crippen molar-refractivity contribution < 1.29 is 22.7 Å². The highest BCUT2D eigenvalue weighted by Crippen LogP contribution is 2.31. The standard InChI is InChI=1S/C22H21F3N4O2S/c1-2-11-29-19(14-31-18-10-6-9-17(12-18)22(23,24)25)27-28-21(29)32-15-20(30)26-13-16-7-4-3-5-8-16/h2-10,12H,1,11,13-15H2,(H,26,30). The van der Waals surface area contributed by atoms with Gasteiger partial charge in [0.1, 0.15) is 12.4 Å². The highest BCUT2D eigenvalue weighted by Gasteiger charge is 2.30. The van der Waals surface area contributed by atoms with Crippen LogP contribution in [-0.4, -0.2) is 26.4 Å². The predicted octanol–water partition coefficient (Wildman–Crippen LogP) is 4.47. The van der Waals surface area contributed by atoms with Crippen molar-refractivity contribution in [3.05, 3.63) is 84.2 Å². The Morgan fingerprint density at radius 3 is 2.66 bits per heavy atom. The van der Waals surface area contributed by atoms with Crippen molar-refractivity contribution in [3.63, 3.8) is 0 Å². The highest BCUT2D eigenvalue weighted by molar-refractivity contribution is 7.99. The monoisotopic (exact) mass is 462 g/mol. The predicted molar refractivity (Wildman–Crippen MR) is 115 cm³/mol. The molecule has 1 amide bonds. The minimum atomic E-state index is -4.45. The molecule has 2 aromatic carbocycles. The van der Waals surface area contributed by atoms with E-state index in [1.54, 1.807) is 10.6 Å². The molecule has 0 fully saturated rings. The average molecular weight is 462 g/mol. The van der Waals surface area contributed by atoms with Gasteiger partial charge in [-0.15, -0.1) is 16.8 Å². The Labute approximate surface area is 187 Å². The van der Waals surface area contributed by atoms with E-state index in [-0.39, 0.29) is 24.0 Å². The number of carbonyl (C=O) groups excluding carboxylic acids is 1. The van der Waals surface area contributed by atoms with Crippen LogP contribution in [0.25, 0.3) is 0 Å². The summed E-state index contributed by atoms with van der Waals surface area (Å²) in [6, 6.07) is 14.2. The van der Waals surface area contributed by atoms with Gasteiger partial charge in [0.05, 0.1) is 11.3 Å². The molecule has 0 radical (unpaired) electrons. The molecule has 0 spiro atoms. The molecule has 32 heavy (non-hydrogen) atoms. The molecule has 3 rings (SSSR count). The van der Waals surface area contributed by atoms with Crippen LogP contribution in [0.4, 0.5) is 13.2 Å². The van der Waals surface area contributed by atoms with Crippen molar-refractivity contribution in [3.8, 4) is 5.75 Å². The topological polar surface area (TPSA) is 69.0 Å². The summed E-state index contributed by atoms with van der Waals surface area (Å²) in [7, 11) is 0. The molecule has 168 valence electrons. The number of hydrogen-bond donors (Lipinski definition) is 1. The first-order valence-corrected chi connectivity index (χ1v) is 10.6. The number of aromatic nitrogens is 3. The highest BCUT2D eigenvalue weighted by atomic mass is 32.2. The fourth-order valence-corrected chi connectivity index (χ4v) is 3.53. The number of halogens is 3. The van der Waals surface area contributed by atoms with Crippen molar-refractivity contribution in [2.45, 2.75) is 31.0 Å². The third-order valence-corrected chi connectivity index (χ3v) is 5.27. The zero-order valence-corrected chi connectivity index (χ0v) is 17.8. The normalized spacial score (nSPS) is 11.2. The first kappa shape index (κ1) is 23.4. The van der Waals surface area contributed by atoms with Crippen LogP contribution < -0.4 is 10.1 Å². The van der Waals surface area contributed by atoms with Crippen LogP contribution in [0, 0.1) is 0 Å². The number of thioether (sulfide) groups is 1. The second kappa shape index (κ2) is 10.9. The van der Waals surface area contributed by atoms with E-state index in [2.05, 4.69) is 22.1 Å². The van der Waals surface area contributed by atoms with E-state index >= 15 is 0 Å². The van der Waals surface area contributed by atoms with Crippen molar-refractivity contribution >= 4 is 17.7 Å². The van der Waals surface area contributed by atoms with Gasteiger partial charge in [-0.2, -0.15) is 13.2 Å². The summed E-state index contributed by atoms with van der Waals surface area (Å²) in [5.74, 6) is 0.460. The van der Waals surface area contributed by atoms with Gasteiger partial charge >= 0.3 is 6.18 Å². The third kappa shape index (κ3) is 6.61. The molecule has 6 nitrogen and oxygen atoms in total. The number of hydrogen-bond acceptors (Lipinski definition) is 5. The summed E-state index contributed by atoms with van der Waals surface area (Å²) in [4.78, 5) is 12.2. The maximum atomic E-state index is 12.9. The zero-order valence-electron chi connectivity index (χ0n) is 17.0. The van der Waals surface area contributed by atoms with Gasteiger partial charge in [0, 0.05) is 13.1 Å². The largest absolute Gasteiger partial charge is 0.486 e. The van der Waals surface area contributed by atoms with Crippen LogP contribution in [0.3, 0.4) is 0 Å². The van der Waals surface area contributed by atoms with Gasteiger partial charge in [-0.1, -0.05) is 54.2 Å². The second-order valence-corrected chi connectivity index (χ2v) is 7.61.